The second kappa shape index (κ2) is 7.92. The fourth-order valence-corrected chi connectivity index (χ4v) is 5.01. The number of hydrogen-bond donors (Lipinski definition) is 1. The fraction of sp³-hybridized carbons (Fsp3) is 0.360. The molecule has 5 rings (SSSR count). The van der Waals surface area contributed by atoms with Gasteiger partial charge in [-0.3, -0.25) is 4.79 Å². The summed E-state index contributed by atoms with van der Waals surface area (Å²) in [5, 5.41) is 8.81. The lowest BCUT2D eigenvalue weighted by Gasteiger charge is -2.26. The lowest BCUT2D eigenvalue weighted by molar-refractivity contribution is 0.0926. The summed E-state index contributed by atoms with van der Waals surface area (Å²) in [6.07, 6.45) is 7.21. The lowest BCUT2D eigenvalue weighted by Crippen LogP contribution is -2.32. The molecule has 1 unspecified atom stereocenters. The van der Waals surface area contributed by atoms with Crippen LogP contribution >= 0.6 is 11.6 Å². The molecule has 0 radical (unpaired) electrons. The summed E-state index contributed by atoms with van der Waals surface area (Å²) < 4.78 is 1.93. The molecule has 30 heavy (non-hydrogen) atoms. The molecule has 0 fully saturated rings. The Labute approximate surface area is 182 Å². The van der Waals surface area contributed by atoms with Crippen molar-refractivity contribution in [2.75, 3.05) is 0 Å². The van der Waals surface area contributed by atoms with Crippen LogP contribution in [0, 0.1) is 6.92 Å². The number of benzene rings is 2. The zero-order valence-corrected chi connectivity index (χ0v) is 18.0. The number of nitrogens with one attached hydrogen (secondary N) is 1. The molecule has 5 heteroatoms. The molecule has 1 N–H and O–H groups in total. The Morgan fingerprint density at radius 1 is 1.10 bits per heavy atom. The van der Waals surface area contributed by atoms with E-state index < -0.39 is 0 Å². The smallest absolute Gasteiger partial charge is 0.272 e. The van der Waals surface area contributed by atoms with E-state index in [4.69, 9.17) is 16.7 Å². The third-order valence-corrected chi connectivity index (χ3v) is 6.88. The number of aromatic nitrogens is 2. The molecule has 0 spiro atoms. The van der Waals surface area contributed by atoms with Gasteiger partial charge in [0.1, 0.15) is 0 Å². The third-order valence-electron chi connectivity index (χ3n) is 6.47. The van der Waals surface area contributed by atoms with Crippen LogP contribution in [0.4, 0.5) is 0 Å². The highest BCUT2D eigenvalue weighted by molar-refractivity contribution is 6.31. The molecule has 0 saturated heterocycles. The van der Waals surface area contributed by atoms with Gasteiger partial charge in [0.2, 0.25) is 0 Å². The fourth-order valence-electron chi connectivity index (χ4n) is 4.84. The van der Waals surface area contributed by atoms with E-state index in [1.54, 1.807) is 0 Å². The van der Waals surface area contributed by atoms with Gasteiger partial charge in [-0.1, -0.05) is 41.9 Å². The van der Waals surface area contributed by atoms with Crippen molar-refractivity contribution in [3.8, 4) is 5.69 Å². The Balaban J connectivity index is 1.50. The van der Waals surface area contributed by atoms with E-state index in [1.165, 1.54) is 11.1 Å². The second-order valence-corrected chi connectivity index (χ2v) is 8.85. The molecule has 2 aliphatic rings. The predicted molar refractivity (Wildman–Crippen MR) is 120 cm³/mol. The van der Waals surface area contributed by atoms with Gasteiger partial charge < -0.3 is 5.32 Å². The molecule has 4 nitrogen and oxygen atoms in total. The van der Waals surface area contributed by atoms with Gasteiger partial charge in [0.25, 0.3) is 5.91 Å². The summed E-state index contributed by atoms with van der Waals surface area (Å²) in [7, 11) is 0. The first-order valence-electron chi connectivity index (χ1n) is 10.9. The number of rotatable bonds is 3. The first kappa shape index (κ1) is 19.4. The van der Waals surface area contributed by atoms with Gasteiger partial charge in [-0.05, 0) is 80.7 Å². The number of nitrogens with zero attached hydrogens (tertiary/aromatic N) is 2. The number of aryl methyl sites for hydroxylation is 2. The maximum Gasteiger partial charge on any atom is 0.272 e. The van der Waals surface area contributed by atoms with E-state index in [-0.39, 0.29) is 11.9 Å². The van der Waals surface area contributed by atoms with Crippen molar-refractivity contribution < 1.29 is 4.79 Å². The SMILES string of the molecule is Cc1ccc(-n2nc(C(=O)NC3CCCc4ccccc43)c3c2CCCC3)cc1Cl. The Hall–Kier alpha value is -2.59. The van der Waals surface area contributed by atoms with Crippen molar-refractivity contribution in [3.63, 3.8) is 0 Å². The summed E-state index contributed by atoms with van der Waals surface area (Å²) in [5.41, 5.74) is 7.37. The Bertz CT molecular complexity index is 1120. The van der Waals surface area contributed by atoms with Crippen molar-refractivity contribution in [2.45, 2.75) is 57.9 Å². The van der Waals surface area contributed by atoms with E-state index in [0.29, 0.717) is 5.69 Å². The maximum atomic E-state index is 13.3. The number of halogens is 1. The minimum atomic E-state index is -0.0631. The molecule has 3 aromatic rings. The van der Waals surface area contributed by atoms with Crippen LogP contribution in [0.5, 0.6) is 0 Å². The quantitative estimate of drug-likeness (QED) is 0.607. The lowest BCUT2D eigenvalue weighted by atomic mass is 9.87. The second-order valence-electron chi connectivity index (χ2n) is 8.44. The topological polar surface area (TPSA) is 46.9 Å². The Morgan fingerprint density at radius 2 is 1.93 bits per heavy atom. The number of carbonyl (C=O) groups is 1. The molecule has 1 heterocycles. The van der Waals surface area contributed by atoms with Gasteiger partial charge in [-0.15, -0.1) is 0 Å². The zero-order chi connectivity index (χ0) is 20.7. The largest absolute Gasteiger partial charge is 0.344 e. The molecule has 1 atom stereocenters. The monoisotopic (exact) mass is 419 g/mol. The summed E-state index contributed by atoms with van der Waals surface area (Å²) >= 11 is 6.37. The molecular formula is C25H26ClN3O. The molecule has 1 aromatic heterocycles. The van der Waals surface area contributed by atoms with E-state index in [1.807, 2.05) is 29.8 Å². The molecule has 1 amide bonds. The highest BCUT2D eigenvalue weighted by Gasteiger charge is 2.28. The number of amides is 1. The van der Waals surface area contributed by atoms with Crippen LogP contribution in [-0.2, 0) is 19.3 Å². The summed E-state index contributed by atoms with van der Waals surface area (Å²) in [6.45, 7) is 1.99. The zero-order valence-electron chi connectivity index (χ0n) is 17.2. The van der Waals surface area contributed by atoms with Gasteiger partial charge in [0.05, 0.1) is 11.7 Å². The first-order chi connectivity index (χ1) is 14.6. The van der Waals surface area contributed by atoms with E-state index in [0.717, 1.165) is 72.5 Å². The molecule has 0 aliphatic heterocycles. The van der Waals surface area contributed by atoms with Gasteiger partial charge in [-0.2, -0.15) is 5.10 Å². The van der Waals surface area contributed by atoms with Crippen molar-refractivity contribution in [2.24, 2.45) is 0 Å². The van der Waals surface area contributed by atoms with Crippen molar-refractivity contribution in [1.29, 1.82) is 0 Å². The van der Waals surface area contributed by atoms with Crippen LogP contribution in [0.1, 0.15) is 70.2 Å². The average molecular weight is 420 g/mol. The molecular weight excluding hydrogens is 394 g/mol. The van der Waals surface area contributed by atoms with Crippen molar-refractivity contribution in [3.05, 3.63) is 81.1 Å². The van der Waals surface area contributed by atoms with Gasteiger partial charge in [-0.25, -0.2) is 4.68 Å². The van der Waals surface area contributed by atoms with Gasteiger partial charge in [0, 0.05) is 16.3 Å². The molecule has 2 aliphatic carbocycles. The standard InChI is InChI=1S/C25H26ClN3O/c1-16-13-14-18(15-21(16)26)29-23-12-5-4-10-20(23)24(28-29)25(30)27-22-11-6-8-17-7-2-3-9-19(17)22/h2-3,7,9,13-15,22H,4-6,8,10-12H2,1H3,(H,27,30). The van der Waals surface area contributed by atoms with Crippen LogP contribution in [0.2, 0.25) is 5.02 Å². The normalized spacial score (nSPS) is 17.9. The molecule has 2 aromatic carbocycles. The molecule has 0 saturated carbocycles. The number of carbonyl (C=O) groups excluding carboxylic acids is 1. The van der Waals surface area contributed by atoms with Gasteiger partial charge >= 0.3 is 0 Å². The van der Waals surface area contributed by atoms with Crippen LogP contribution in [-0.4, -0.2) is 15.7 Å². The van der Waals surface area contributed by atoms with Crippen LogP contribution in [0.25, 0.3) is 5.69 Å². The first-order valence-corrected chi connectivity index (χ1v) is 11.3. The average Bonchev–Trinajstić information content (AvgIpc) is 3.16. The molecule has 154 valence electrons. The van der Waals surface area contributed by atoms with Crippen LogP contribution in [0.15, 0.2) is 42.5 Å². The summed E-state index contributed by atoms with van der Waals surface area (Å²) in [4.78, 5) is 13.3. The van der Waals surface area contributed by atoms with Crippen LogP contribution in [0.3, 0.4) is 0 Å². The summed E-state index contributed by atoms with van der Waals surface area (Å²) in [5.74, 6) is -0.0631. The van der Waals surface area contributed by atoms with E-state index in [2.05, 4.69) is 29.6 Å². The predicted octanol–water partition coefficient (Wildman–Crippen LogP) is 5.52. The molecule has 0 bridgehead atoms. The van der Waals surface area contributed by atoms with Gasteiger partial charge in [0.15, 0.2) is 5.69 Å². The summed E-state index contributed by atoms with van der Waals surface area (Å²) in [6, 6.07) is 14.5. The highest BCUT2D eigenvalue weighted by atomic mass is 35.5. The van der Waals surface area contributed by atoms with Crippen LogP contribution < -0.4 is 5.32 Å². The highest BCUT2D eigenvalue weighted by Crippen LogP contribution is 2.32. The number of fused-ring (bicyclic) bond motifs is 2. The number of hydrogen-bond acceptors (Lipinski definition) is 2. The minimum absolute atomic E-state index is 0.0562. The minimum Gasteiger partial charge on any atom is -0.344 e. The Kier molecular flexibility index (Phi) is 5.11. The Morgan fingerprint density at radius 3 is 2.80 bits per heavy atom. The van der Waals surface area contributed by atoms with E-state index in [9.17, 15) is 4.79 Å². The third kappa shape index (κ3) is 3.43. The van der Waals surface area contributed by atoms with E-state index >= 15 is 0 Å². The maximum absolute atomic E-state index is 13.3. The van der Waals surface area contributed by atoms with Crippen molar-refractivity contribution in [1.82, 2.24) is 15.1 Å². The van der Waals surface area contributed by atoms with Crippen molar-refractivity contribution >= 4 is 17.5 Å².